The lowest BCUT2D eigenvalue weighted by Gasteiger charge is -2.22. The zero-order chi connectivity index (χ0) is 10.5. The number of aromatic nitrogens is 2. The summed E-state index contributed by atoms with van der Waals surface area (Å²) in [6, 6.07) is 1.96. The monoisotopic (exact) mass is 224 g/mol. The van der Waals surface area contributed by atoms with Gasteiger partial charge in [-0.1, -0.05) is 0 Å². The van der Waals surface area contributed by atoms with Crippen molar-refractivity contribution in [1.82, 2.24) is 10.2 Å². The smallest absolute Gasteiger partial charge is 0.155 e. The molecule has 1 fully saturated rings. The lowest BCUT2D eigenvalue weighted by Crippen LogP contribution is -2.28. The van der Waals surface area contributed by atoms with Crippen LogP contribution in [0.5, 0.6) is 0 Å². The van der Waals surface area contributed by atoms with Gasteiger partial charge < -0.3 is 10.6 Å². The van der Waals surface area contributed by atoms with Crippen molar-refractivity contribution in [3.8, 4) is 0 Å². The van der Waals surface area contributed by atoms with Gasteiger partial charge in [0.05, 0.1) is 6.20 Å². The van der Waals surface area contributed by atoms with Crippen molar-refractivity contribution in [3.05, 3.63) is 17.8 Å². The molecule has 0 spiro atoms. The Morgan fingerprint density at radius 1 is 1.40 bits per heavy atom. The fraction of sp³-hybridized carbons (Fsp3) is 0.600. The van der Waals surface area contributed by atoms with Crippen molar-refractivity contribution in [3.63, 3.8) is 0 Å². The van der Waals surface area contributed by atoms with E-state index in [2.05, 4.69) is 15.1 Å². The van der Waals surface area contributed by atoms with Crippen LogP contribution in [0.1, 0.15) is 12.0 Å². The summed E-state index contributed by atoms with van der Waals surface area (Å²) in [4.78, 5) is 2.30. The Kier molecular flexibility index (Phi) is 3.80. The third-order valence-electron chi connectivity index (χ3n) is 2.52. The number of nitrogens with two attached hydrogens (primary N) is 1. The van der Waals surface area contributed by atoms with E-state index in [1.54, 1.807) is 6.20 Å². The van der Waals surface area contributed by atoms with Crippen LogP contribution in [0, 0.1) is 0 Å². The minimum atomic E-state index is 0.536. The summed E-state index contributed by atoms with van der Waals surface area (Å²) in [5, 5.41) is 8.15. The fourth-order valence-corrected chi connectivity index (χ4v) is 2.62. The molecule has 5 heteroatoms. The molecule has 0 radical (unpaired) electrons. The molecule has 1 saturated heterocycles. The van der Waals surface area contributed by atoms with E-state index in [-0.39, 0.29) is 0 Å². The molecule has 1 aliphatic rings. The van der Waals surface area contributed by atoms with E-state index >= 15 is 0 Å². The first-order chi connectivity index (χ1) is 7.42. The second-order valence-corrected chi connectivity index (χ2v) is 4.76. The molecule has 82 valence electrons. The molecule has 2 heterocycles. The molecule has 0 amide bonds. The molecule has 1 aromatic rings. The molecular formula is C10H16N4S. The molecule has 2 rings (SSSR count). The minimum absolute atomic E-state index is 0.536. The van der Waals surface area contributed by atoms with Crippen LogP contribution in [0.3, 0.4) is 0 Å². The van der Waals surface area contributed by atoms with Gasteiger partial charge in [0.2, 0.25) is 0 Å². The lowest BCUT2D eigenvalue weighted by atomic mass is 10.2. The van der Waals surface area contributed by atoms with Crippen molar-refractivity contribution in [2.45, 2.75) is 13.0 Å². The second kappa shape index (κ2) is 5.32. The van der Waals surface area contributed by atoms with Gasteiger partial charge in [-0.3, -0.25) is 0 Å². The van der Waals surface area contributed by atoms with Gasteiger partial charge in [-0.25, -0.2) is 0 Å². The average molecular weight is 224 g/mol. The van der Waals surface area contributed by atoms with Gasteiger partial charge in [0.15, 0.2) is 5.82 Å². The van der Waals surface area contributed by atoms with Crippen LogP contribution in [-0.4, -0.2) is 34.8 Å². The molecule has 0 aliphatic carbocycles. The summed E-state index contributed by atoms with van der Waals surface area (Å²) in [5.74, 6) is 3.39. The van der Waals surface area contributed by atoms with Crippen LogP contribution >= 0.6 is 11.8 Å². The summed E-state index contributed by atoms with van der Waals surface area (Å²) >= 11 is 2.01. The van der Waals surface area contributed by atoms with E-state index in [4.69, 9.17) is 5.73 Å². The first-order valence-electron chi connectivity index (χ1n) is 5.25. The van der Waals surface area contributed by atoms with E-state index in [0.29, 0.717) is 6.54 Å². The molecule has 0 saturated carbocycles. The minimum Gasteiger partial charge on any atom is -0.354 e. The molecule has 0 aromatic carbocycles. The highest BCUT2D eigenvalue weighted by molar-refractivity contribution is 7.99. The predicted molar refractivity (Wildman–Crippen MR) is 64.1 cm³/mol. The van der Waals surface area contributed by atoms with E-state index in [1.165, 1.54) is 17.9 Å². The van der Waals surface area contributed by atoms with E-state index in [1.807, 2.05) is 17.8 Å². The molecule has 0 bridgehead atoms. The molecular weight excluding hydrogens is 208 g/mol. The quantitative estimate of drug-likeness (QED) is 0.808. The third kappa shape index (κ3) is 2.60. The first-order valence-corrected chi connectivity index (χ1v) is 6.40. The van der Waals surface area contributed by atoms with Gasteiger partial charge in [-0.15, -0.1) is 5.10 Å². The molecule has 0 unspecified atom stereocenters. The van der Waals surface area contributed by atoms with Crippen molar-refractivity contribution >= 4 is 17.6 Å². The third-order valence-corrected chi connectivity index (χ3v) is 3.57. The molecule has 2 N–H and O–H groups in total. The van der Waals surface area contributed by atoms with Gasteiger partial charge in [0.1, 0.15) is 0 Å². The SMILES string of the molecule is NCc1ccnnc1N1CCCSCC1. The highest BCUT2D eigenvalue weighted by Gasteiger charge is 2.14. The summed E-state index contributed by atoms with van der Waals surface area (Å²) in [7, 11) is 0. The van der Waals surface area contributed by atoms with Crippen LogP contribution in [-0.2, 0) is 6.54 Å². The maximum atomic E-state index is 5.70. The number of hydrogen-bond acceptors (Lipinski definition) is 5. The Bertz CT molecular complexity index is 310. The number of hydrogen-bond donors (Lipinski definition) is 1. The van der Waals surface area contributed by atoms with E-state index in [0.717, 1.165) is 24.5 Å². The molecule has 1 aromatic heterocycles. The highest BCUT2D eigenvalue weighted by atomic mass is 32.2. The van der Waals surface area contributed by atoms with Crippen molar-refractivity contribution in [2.24, 2.45) is 5.73 Å². The fourth-order valence-electron chi connectivity index (χ4n) is 1.73. The van der Waals surface area contributed by atoms with Gasteiger partial charge in [0, 0.05) is 31.0 Å². The summed E-state index contributed by atoms with van der Waals surface area (Å²) in [6.45, 7) is 2.66. The van der Waals surface area contributed by atoms with Crippen molar-refractivity contribution < 1.29 is 0 Å². The summed E-state index contributed by atoms with van der Waals surface area (Å²) in [6.07, 6.45) is 2.92. The predicted octanol–water partition coefficient (Wildman–Crippen LogP) is 0.879. The Balaban J connectivity index is 2.18. The maximum Gasteiger partial charge on any atom is 0.155 e. The Morgan fingerprint density at radius 3 is 3.20 bits per heavy atom. The Hall–Kier alpha value is -0.810. The molecule has 15 heavy (non-hydrogen) atoms. The van der Waals surface area contributed by atoms with Crippen molar-refractivity contribution in [2.75, 3.05) is 29.5 Å². The number of nitrogens with zero attached hydrogens (tertiary/aromatic N) is 3. The number of rotatable bonds is 2. The van der Waals surface area contributed by atoms with Crippen LogP contribution in [0.4, 0.5) is 5.82 Å². The molecule has 1 aliphatic heterocycles. The van der Waals surface area contributed by atoms with Gasteiger partial charge in [-0.2, -0.15) is 16.9 Å². The largest absolute Gasteiger partial charge is 0.354 e. The maximum absolute atomic E-state index is 5.70. The lowest BCUT2D eigenvalue weighted by molar-refractivity contribution is 0.775. The van der Waals surface area contributed by atoms with Crippen molar-refractivity contribution in [1.29, 1.82) is 0 Å². The summed E-state index contributed by atoms with van der Waals surface area (Å²) < 4.78 is 0. The van der Waals surface area contributed by atoms with Gasteiger partial charge in [-0.05, 0) is 18.2 Å². The van der Waals surface area contributed by atoms with E-state index in [9.17, 15) is 0 Å². The zero-order valence-electron chi connectivity index (χ0n) is 8.72. The first kappa shape index (κ1) is 10.7. The normalized spacial score (nSPS) is 17.5. The average Bonchev–Trinajstić information content (AvgIpc) is 2.57. The van der Waals surface area contributed by atoms with Gasteiger partial charge in [0.25, 0.3) is 0 Å². The number of anilines is 1. The van der Waals surface area contributed by atoms with Gasteiger partial charge >= 0.3 is 0 Å². The zero-order valence-corrected chi connectivity index (χ0v) is 9.54. The van der Waals surface area contributed by atoms with Crippen LogP contribution < -0.4 is 10.6 Å². The number of thioether (sulfide) groups is 1. The molecule has 4 nitrogen and oxygen atoms in total. The van der Waals surface area contributed by atoms with Crippen LogP contribution in [0.2, 0.25) is 0 Å². The standard InChI is InChI=1S/C10H16N4S/c11-8-9-2-3-12-13-10(9)14-4-1-6-15-7-5-14/h2-3H,1,4-8,11H2. The van der Waals surface area contributed by atoms with Crippen LogP contribution in [0.15, 0.2) is 12.3 Å². The second-order valence-electron chi connectivity index (χ2n) is 3.54. The molecule has 0 atom stereocenters. The highest BCUT2D eigenvalue weighted by Crippen LogP contribution is 2.19. The topological polar surface area (TPSA) is 55.0 Å². The van der Waals surface area contributed by atoms with E-state index < -0.39 is 0 Å². The summed E-state index contributed by atoms with van der Waals surface area (Å²) in [5.41, 5.74) is 6.79. The van der Waals surface area contributed by atoms with Crippen LogP contribution in [0.25, 0.3) is 0 Å². The Labute approximate surface area is 94.2 Å². The Morgan fingerprint density at radius 2 is 2.33 bits per heavy atom.